The van der Waals surface area contributed by atoms with E-state index in [2.05, 4.69) is 10.1 Å². The standard InChI is InChI=1S/C31H28F4N4O2/c1-4-38-29(18-41-17-21-11-6-5-7-12-21)37-39(30(38)40)28-15-24-23(20(3)31(33,34)35)14-26(36-27(24)16-25(28)32)22-13-9-8-10-19(22)2/h5-16,20H,4,17-18H2,1-3H3. The van der Waals surface area contributed by atoms with Crippen molar-refractivity contribution in [3.8, 4) is 16.9 Å². The average Bonchev–Trinajstić information content (AvgIpc) is 3.26. The zero-order valence-electron chi connectivity index (χ0n) is 22.7. The molecule has 0 spiro atoms. The Morgan fingerprint density at radius 3 is 2.37 bits per heavy atom. The molecule has 0 bridgehead atoms. The van der Waals surface area contributed by atoms with Crippen molar-refractivity contribution in [2.24, 2.45) is 0 Å². The van der Waals surface area contributed by atoms with Crippen molar-refractivity contribution < 1.29 is 22.3 Å². The minimum Gasteiger partial charge on any atom is -0.369 e. The third-order valence-corrected chi connectivity index (χ3v) is 7.11. The Hall–Kier alpha value is -4.31. The van der Waals surface area contributed by atoms with Crippen LogP contribution in [0.15, 0.2) is 77.6 Å². The summed E-state index contributed by atoms with van der Waals surface area (Å²) in [6.07, 6.45) is -4.56. The minimum atomic E-state index is -4.56. The average molecular weight is 565 g/mol. The lowest BCUT2D eigenvalue weighted by Crippen LogP contribution is -2.24. The van der Waals surface area contributed by atoms with Gasteiger partial charge in [0.05, 0.1) is 23.7 Å². The number of halogens is 4. The van der Waals surface area contributed by atoms with Crippen molar-refractivity contribution in [2.45, 2.75) is 52.6 Å². The number of nitrogens with zero attached hydrogens (tertiary/aromatic N) is 4. The molecule has 6 nitrogen and oxygen atoms in total. The summed E-state index contributed by atoms with van der Waals surface area (Å²) in [7, 11) is 0. The van der Waals surface area contributed by atoms with Crippen LogP contribution in [0.1, 0.15) is 42.3 Å². The van der Waals surface area contributed by atoms with Crippen LogP contribution in [-0.2, 0) is 24.5 Å². The lowest BCUT2D eigenvalue weighted by Gasteiger charge is -2.20. The van der Waals surface area contributed by atoms with Gasteiger partial charge in [0.25, 0.3) is 0 Å². The summed E-state index contributed by atoms with van der Waals surface area (Å²) in [5.74, 6) is -2.44. The van der Waals surface area contributed by atoms with E-state index in [0.717, 1.165) is 28.8 Å². The Balaban J connectivity index is 1.61. The zero-order valence-corrected chi connectivity index (χ0v) is 22.7. The maximum atomic E-state index is 15.6. The van der Waals surface area contributed by atoms with Gasteiger partial charge in [-0.3, -0.25) is 4.57 Å². The van der Waals surface area contributed by atoms with E-state index >= 15 is 4.39 Å². The van der Waals surface area contributed by atoms with Crippen molar-refractivity contribution >= 4 is 10.9 Å². The predicted octanol–water partition coefficient (Wildman–Crippen LogP) is 7.10. The molecule has 212 valence electrons. The summed E-state index contributed by atoms with van der Waals surface area (Å²) < 4.78 is 65.6. The lowest BCUT2D eigenvalue weighted by atomic mass is 9.93. The fourth-order valence-electron chi connectivity index (χ4n) is 4.81. The summed E-state index contributed by atoms with van der Waals surface area (Å²) >= 11 is 0. The molecule has 0 aliphatic carbocycles. The smallest absolute Gasteiger partial charge is 0.369 e. The van der Waals surface area contributed by atoms with Crippen LogP contribution in [0.25, 0.3) is 27.8 Å². The molecule has 0 aliphatic heterocycles. The SMILES string of the molecule is CCn1c(COCc2ccccc2)nn(-c2cc3c(C(C)C(F)(F)F)cc(-c4ccccc4C)nc3cc2F)c1=O. The molecule has 2 aromatic heterocycles. The molecule has 2 heterocycles. The molecular weight excluding hydrogens is 536 g/mol. The van der Waals surface area contributed by atoms with Crippen LogP contribution in [0.5, 0.6) is 0 Å². The van der Waals surface area contributed by atoms with Crippen LogP contribution in [0.4, 0.5) is 17.6 Å². The maximum Gasteiger partial charge on any atom is 0.395 e. The Morgan fingerprint density at radius 1 is 0.976 bits per heavy atom. The molecule has 0 aliphatic rings. The Bertz CT molecular complexity index is 1760. The number of benzene rings is 3. The number of aromatic nitrogens is 4. The normalized spacial score (nSPS) is 12.7. The molecule has 10 heteroatoms. The second kappa shape index (κ2) is 11.3. The van der Waals surface area contributed by atoms with E-state index in [1.165, 1.54) is 16.7 Å². The third-order valence-electron chi connectivity index (χ3n) is 7.11. The van der Waals surface area contributed by atoms with Crippen molar-refractivity contribution in [1.82, 2.24) is 19.3 Å². The topological polar surface area (TPSA) is 61.9 Å². The number of rotatable bonds is 8. The van der Waals surface area contributed by atoms with Crippen LogP contribution >= 0.6 is 0 Å². The lowest BCUT2D eigenvalue weighted by molar-refractivity contribution is -0.146. The molecule has 0 saturated heterocycles. The Morgan fingerprint density at radius 2 is 1.68 bits per heavy atom. The van der Waals surface area contributed by atoms with Gasteiger partial charge in [0, 0.05) is 23.6 Å². The van der Waals surface area contributed by atoms with E-state index in [1.807, 2.05) is 49.4 Å². The van der Waals surface area contributed by atoms with Crippen molar-refractivity contribution in [1.29, 1.82) is 0 Å². The molecule has 5 aromatic rings. The van der Waals surface area contributed by atoms with Gasteiger partial charge in [-0.15, -0.1) is 5.10 Å². The van der Waals surface area contributed by atoms with E-state index < -0.39 is 23.6 Å². The summed E-state index contributed by atoms with van der Waals surface area (Å²) in [6.45, 7) is 5.14. The van der Waals surface area contributed by atoms with E-state index in [-0.39, 0.29) is 47.7 Å². The van der Waals surface area contributed by atoms with E-state index in [1.54, 1.807) is 19.1 Å². The highest BCUT2D eigenvalue weighted by Gasteiger charge is 2.38. The van der Waals surface area contributed by atoms with Crippen molar-refractivity contribution in [3.05, 3.63) is 112 Å². The Kier molecular flexibility index (Phi) is 7.77. The van der Waals surface area contributed by atoms with Crippen molar-refractivity contribution in [2.75, 3.05) is 0 Å². The number of pyridine rings is 1. The second-order valence-electron chi connectivity index (χ2n) is 9.83. The first kappa shape index (κ1) is 28.2. The van der Waals surface area contributed by atoms with Gasteiger partial charge in [-0.25, -0.2) is 14.2 Å². The fourth-order valence-corrected chi connectivity index (χ4v) is 4.81. The molecule has 0 N–H and O–H groups in total. The van der Waals surface area contributed by atoms with E-state index in [4.69, 9.17) is 4.74 Å². The summed E-state index contributed by atoms with van der Waals surface area (Å²) in [5, 5.41) is 4.40. The molecule has 0 radical (unpaired) electrons. The monoisotopic (exact) mass is 564 g/mol. The van der Waals surface area contributed by atoms with Gasteiger partial charge >= 0.3 is 11.9 Å². The van der Waals surface area contributed by atoms with Gasteiger partial charge in [-0.1, -0.05) is 54.6 Å². The Labute approximate surface area is 233 Å². The number of aryl methyl sites for hydroxylation is 1. The van der Waals surface area contributed by atoms with Gasteiger partial charge in [-0.05, 0) is 49.6 Å². The summed E-state index contributed by atoms with van der Waals surface area (Å²) in [5.41, 5.74) is 1.79. The van der Waals surface area contributed by atoms with Gasteiger partial charge in [0.15, 0.2) is 11.6 Å². The van der Waals surface area contributed by atoms with Gasteiger partial charge in [0.1, 0.15) is 12.3 Å². The van der Waals surface area contributed by atoms with Crippen LogP contribution in [0.3, 0.4) is 0 Å². The summed E-state index contributed by atoms with van der Waals surface area (Å²) in [4.78, 5) is 17.8. The van der Waals surface area contributed by atoms with Crippen LogP contribution < -0.4 is 5.69 Å². The molecule has 41 heavy (non-hydrogen) atoms. The fraction of sp³-hybridized carbons (Fsp3) is 0.258. The first-order valence-electron chi connectivity index (χ1n) is 13.2. The number of hydrogen-bond donors (Lipinski definition) is 0. The molecule has 1 unspecified atom stereocenters. The minimum absolute atomic E-state index is 0.0160. The van der Waals surface area contributed by atoms with Crippen LogP contribution in [0.2, 0.25) is 0 Å². The van der Waals surface area contributed by atoms with E-state index in [9.17, 15) is 18.0 Å². The number of fused-ring (bicyclic) bond motifs is 1. The number of ether oxygens (including phenoxy) is 1. The molecule has 1 atom stereocenters. The first-order valence-corrected chi connectivity index (χ1v) is 13.2. The van der Waals surface area contributed by atoms with Gasteiger partial charge in [0.2, 0.25) is 0 Å². The molecule has 3 aromatic carbocycles. The third kappa shape index (κ3) is 5.65. The second-order valence-corrected chi connectivity index (χ2v) is 9.83. The number of alkyl halides is 3. The highest BCUT2D eigenvalue weighted by Crippen LogP contribution is 2.40. The molecule has 0 fully saturated rings. The van der Waals surface area contributed by atoms with Crippen molar-refractivity contribution in [3.63, 3.8) is 0 Å². The van der Waals surface area contributed by atoms with Crippen LogP contribution in [0, 0.1) is 12.7 Å². The zero-order chi connectivity index (χ0) is 29.3. The van der Waals surface area contributed by atoms with E-state index in [0.29, 0.717) is 11.3 Å². The molecule has 5 rings (SSSR count). The highest BCUT2D eigenvalue weighted by atomic mass is 19.4. The van der Waals surface area contributed by atoms with Gasteiger partial charge in [-0.2, -0.15) is 17.9 Å². The van der Waals surface area contributed by atoms with Crippen LogP contribution in [-0.4, -0.2) is 25.5 Å². The quantitative estimate of drug-likeness (QED) is 0.189. The predicted molar refractivity (Wildman–Crippen MR) is 148 cm³/mol. The largest absolute Gasteiger partial charge is 0.395 e. The maximum absolute atomic E-state index is 15.6. The van der Waals surface area contributed by atoms with Gasteiger partial charge < -0.3 is 4.74 Å². The first-order chi connectivity index (χ1) is 19.6. The number of hydrogen-bond acceptors (Lipinski definition) is 4. The summed E-state index contributed by atoms with van der Waals surface area (Å²) in [6, 6.07) is 20.3. The molecule has 0 saturated carbocycles. The highest BCUT2D eigenvalue weighted by molar-refractivity contribution is 5.88. The molecule has 0 amide bonds. The molecular formula is C31H28F4N4O2.